The van der Waals surface area contributed by atoms with Crippen molar-refractivity contribution in [2.24, 2.45) is 0 Å². The molecule has 0 bridgehead atoms. The second-order valence-electron chi connectivity index (χ2n) is 7.75. The van der Waals surface area contributed by atoms with Crippen LogP contribution in [0, 0.1) is 0 Å². The summed E-state index contributed by atoms with van der Waals surface area (Å²) >= 11 is 0. The van der Waals surface area contributed by atoms with Gasteiger partial charge in [-0.05, 0) is 5.56 Å². The second-order valence-corrected chi connectivity index (χ2v) is 34.4. The molecule has 1 aromatic carbocycles. The highest BCUT2D eigenvalue weighted by Gasteiger charge is 2.64. The zero-order valence-corrected chi connectivity index (χ0v) is 16.4. The van der Waals surface area contributed by atoms with Gasteiger partial charge in [0.15, 0.2) is 7.27 Å². The molecule has 1 aliphatic heterocycles. The number of benzene rings is 1. The number of rotatable bonds is 3. The summed E-state index contributed by atoms with van der Waals surface area (Å²) in [7, 11) is -4.88. The van der Waals surface area contributed by atoms with Crippen LogP contribution in [0.25, 0.3) is 0 Å². The van der Waals surface area contributed by atoms with E-state index in [1.54, 1.807) is 0 Å². The van der Waals surface area contributed by atoms with Crippen molar-refractivity contribution in [2.45, 2.75) is 44.9 Å². The number of carbonyl (C=O) groups is 1. The smallest absolute Gasteiger partial charge is 0.306 e. The van der Waals surface area contributed by atoms with Gasteiger partial charge in [-0.1, -0.05) is 69.6 Å². The molecule has 1 aliphatic rings. The largest absolute Gasteiger partial charge is 0.367 e. The number of carbonyl (C=O) groups excluding carboxylic acids is 1. The van der Waals surface area contributed by atoms with Crippen molar-refractivity contribution in [3.63, 3.8) is 0 Å². The number of hydrogen-bond acceptors (Lipinski definition) is 1. The molecule has 0 aliphatic carbocycles. The fourth-order valence-corrected chi connectivity index (χ4v) is 46.8. The number of urea groups is 1. The first kappa shape index (κ1) is 15.5. The molecule has 2 N–H and O–H groups in total. The van der Waals surface area contributed by atoms with Gasteiger partial charge >= 0.3 is 6.03 Å². The lowest BCUT2D eigenvalue weighted by Crippen LogP contribution is -2.80. The van der Waals surface area contributed by atoms with Crippen LogP contribution >= 0.6 is 0 Å². The maximum absolute atomic E-state index is 12.2. The average Bonchev–Trinajstić information content (AvgIpc) is 2.68. The van der Waals surface area contributed by atoms with Gasteiger partial charge < -0.3 is 10.3 Å². The van der Waals surface area contributed by atoms with Crippen LogP contribution in [0.2, 0.25) is 39.3 Å². The predicted molar refractivity (Wildman–Crippen MR) is 93.3 cm³/mol. The van der Waals surface area contributed by atoms with E-state index < -0.39 is 22.5 Å². The van der Waals surface area contributed by atoms with Crippen molar-refractivity contribution < 1.29 is 4.79 Å². The topological polar surface area (TPSA) is 41.1 Å². The minimum atomic E-state index is -1.90. The summed E-state index contributed by atoms with van der Waals surface area (Å²) < 4.78 is 0. The van der Waals surface area contributed by atoms with E-state index in [1.807, 2.05) is 6.07 Å². The van der Waals surface area contributed by atoms with E-state index in [4.69, 9.17) is 0 Å². The highest BCUT2D eigenvalue weighted by molar-refractivity contribution is 7.68. The standard InChI is InChI=1S/C14H26N2OSi3/c1-18(2,3)20(19(4,5)6)13(15-14(17)16-20)12-10-8-7-9-11-12/h7-11,13H,1-6H3,(H2,15,16,17). The lowest BCUT2D eigenvalue weighted by molar-refractivity contribution is 0.248. The van der Waals surface area contributed by atoms with Crippen molar-refractivity contribution >= 4 is 28.5 Å². The number of nitrogens with one attached hydrogen (secondary N) is 2. The van der Waals surface area contributed by atoms with Crippen LogP contribution in [-0.2, 0) is 0 Å². The van der Waals surface area contributed by atoms with Gasteiger partial charge in [-0.15, -0.1) is 0 Å². The molecule has 1 fully saturated rings. The molecule has 110 valence electrons. The van der Waals surface area contributed by atoms with Gasteiger partial charge in [0.2, 0.25) is 0 Å². The predicted octanol–water partition coefficient (Wildman–Crippen LogP) is 3.36. The van der Waals surface area contributed by atoms with Gasteiger partial charge in [0.1, 0.15) is 0 Å². The van der Waals surface area contributed by atoms with Gasteiger partial charge in [-0.25, -0.2) is 4.79 Å². The molecule has 0 saturated carbocycles. The molecular weight excluding hydrogens is 296 g/mol. The Kier molecular flexibility index (Phi) is 3.77. The van der Waals surface area contributed by atoms with Gasteiger partial charge in [-0.3, -0.25) is 0 Å². The van der Waals surface area contributed by atoms with Gasteiger partial charge in [0.05, 0.1) is 20.8 Å². The summed E-state index contributed by atoms with van der Waals surface area (Å²) in [6, 6.07) is 10.6. The summed E-state index contributed by atoms with van der Waals surface area (Å²) in [5.41, 5.74) is 1.51. The van der Waals surface area contributed by atoms with Crippen molar-refractivity contribution in [2.75, 3.05) is 0 Å². The lowest BCUT2D eigenvalue weighted by atomic mass is 10.2. The van der Waals surface area contributed by atoms with E-state index in [9.17, 15) is 4.79 Å². The molecule has 1 unspecified atom stereocenters. The van der Waals surface area contributed by atoms with E-state index >= 15 is 0 Å². The van der Waals surface area contributed by atoms with Crippen LogP contribution in [-0.4, -0.2) is 28.5 Å². The molecule has 1 atom stereocenters. The third-order valence-electron chi connectivity index (χ3n) is 4.52. The third kappa shape index (κ3) is 2.29. The monoisotopic (exact) mass is 322 g/mol. The highest BCUT2D eigenvalue weighted by Crippen LogP contribution is 2.39. The SMILES string of the molecule is C[Si](C)(C)[Si]1([Si](C)(C)C)NC(=O)NC1c1ccccc1. The van der Waals surface area contributed by atoms with Gasteiger partial charge in [-0.2, -0.15) is 0 Å². The minimum Gasteiger partial charge on any atom is -0.367 e. The Bertz CT molecular complexity index is 491. The third-order valence-corrected chi connectivity index (χ3v) is 41.4. The molecule has 0 radical (unpaired) electrons. The fourth-order valence-electron chi connectivity index (χ4n) is 3.87. The molecule has 2 amide bonds. The summed E-state index contributed by atoms with van der Waals surface area (Å²) in [5, 5.41) is 3.26. The zero-order chi connectivity index (χ0) is 15.2. The van der Waals surface area contributed by atoms with Crippen LogP contribution < -0.4 is 10.3 Å². The average molecular weight is 323 g/mol. The molecule has 1 aromatic rings. The Hall–Kier alpha value is -0.859. The Labute approximate surface area is 124 Å². The number of amides is 2. The molecule has 6 heteroatoms. The van der Waals surface area contributed by atoms with Gasteiger partial charge in [0.25, 0.3) is 0 Å². The first-order valence-corrected chi connectivity index (χ1v) is 18.3. The minimum absolute atomic E-state index is 0.0513. The molecule has 1 heterocycles. The lowest BCUT2D eigenvalue weighted by Gasteiger charge is -2.49. The van der Waals surface area contributed by atoms with Crippen molar-refractivity contribution in [3.8, 4) is 0 Å². The first-order valence-electron chi connectivity index (χ1n) is 7.23. The molecular formula is C14H26N2OSi3. The van der Waals surface area contributed by atoms with E-state index in [0.29, 0.717) is 0 Å². The molecule has 0 spiro atoms. The van der Waals surface area contributed by atoms with Crippen molar-refractivity contribution in [1.82, 2.24) is 10.3 Å². The zero-order valence-electron chi connectivity index (χ0n) is 13.4. The summed E-state index contributed by atoms with van der Waals surface area (Å²) in [4.78, 5) is 15.7. The summed E-state index contributed by atoms with van der Waals surface area (Å²) in [6.45, 7) is 14.6. The molecule has 2 rings (SSSR count). The maximum Gasteiger partial charge on any atom is 0.306 e. The molecule has 1 saturated heterocycles. The van der Waals surface area contributed by atoms with E-state index in [-0.39, 0.29) is 11.7 Å². The highest BCUT2D eigenvalue weighted by atomic mass is 29.6. The van der Waals surface area contributed by atoms with Crippen molar-refractivity contribution in [3.05, 3.63) is 35.9 Å². The summed E-state index contributed by atoms with van der Waals surface area (Å²) in [6.07, 6.45) is 0. The molecule has 0 aromatic heterocycles. The van der Waals surface area contributed by atoms with Gasteiger partial charge in [0, 0.05) is 0 Å². The Balaban J connectivity index is 2.62. The Morgan fingerprint density at radius 1 is 0.950 bits per heavy atom. The quantitative estimate of drug-likeness (QED) is 0.823. The number of hydrogen-bond donors (Lipinski definition) is 2. The van der Waals surface area contributed by atoms with Crippen LogP contribution in [0.15, 0.2) is 30.3 Å². The molecule has 3 nitrogen and oxygen atoms in total. The van der Waals surface area contributed by atoms with Crippen LogP contribution in [0.3, 0.4) is 0 Å². The Morgan fingerprint density at radius 2 is 1.45 bits per heavy atom. The normalized spacial score (nSPS) is 22.3. The van der Waals surface area contributed by atoms with E-state index in [2.05, 4.69) is 73.8 Å². The maximum atomic E-state index is 12.2. The van der Waals surface area contributed by atoms with Crippen LogP contribution in [0.4, 0.5) is 4.79 Å². The second kappa shape index (κ2) is 4.85. The first-order chi connectivity index (χ1) is 9.09. The van der Waals surface area contributed by atoms with E-state index in [1.165, 1.54) is 5.56 Å². The van der Waals surface area contributed by atoms with Crippen molar-refractivity contribution in [1.29, 1.82) is 0 Å². The fraction of sp³-hybridized carbons (Fsp3) is 0.500. The van der Waals surface area contributed by atoms with E-state index in [0.717, 1.165) is 0 Å². The van der Waals surface area contributed by atoms with Crippen LogP contribution in [0.1, 0.15) is 11.2 Å². The summed E-state index contributed by atoms with van der Waals surface area (Å²) in [5.74, 6) is 0. The Morgan fingerprint density at radius 3 is 1.90 bits per heavy atom. The molecule has 20 heavy (non-hydrogen) atoms. The van der Waals surface area contributed by atoms with Crippen LogP contribution in [0.5, 0.6) is 0 Å².